The zero-order valence-electron chi connectivity index (χ0n) is 17.7. The van der Waals surface area contributed by atoms with Crippen LogP contribution in [0.1, 0.15) is 48.9 Å². The molecule has 1 aliphatic heterocycles. The second-order valence-corrected chi connectivity index (χ2v) is 7.60. The number of carbonyl (C=O) groups is 1. The van der Waals surface area contributed by atoms with Crippen molar-refractivity contribution in [2.45, 2.75) is 44.7 Å². The van der Waals surface area contributed by atoms with Crippen molar-refractivity contribution in [3.05, 3.63) is 59.2 Å². The Bertz CT molecular complexity index is 883. The lowest BCUT2D eigenvalue weighted by molar-refractivity contribution is -0.138. The number of ether oxygens (including phenoxy) is 1. The molecule has 2 unspecified atom stereocenters. The van der Waals surface area contributed by atoms with Crippen molar-refractivity contribution >= 4 is 29.9 Å². The Morgan fingerprint density at radius 1 is 1.32 bits per heavy atom. The number of benzene rings is 2. The molecule has 0 radical (unpaired) electrons. The van der Waals surface area contributed by atoms with Gasteiger partial charge in [0.05, 0.1) is 6.61 Å². The highest BCUT2D eigenvalue weighted by Gasteiger charge is 2.21. The van der Waals surface area contributed by atoms with Crippen LogP contribution >= 0.6 is 12.4 Å². The molecular formula is C23H31ClN4O3. The van der Waals surface area contributed by atoms with Crippen LogP contribution in [0, 0.1) is 5.41 Å². The largest absolute Gasteiger partial charge is 0.494 e. The Hall–Kier alpha value is -2.77. The van der Waals surface area contributed by atoms with Gasteiger partial charge in [-0.15, -0.1) is 12.4 Å². The Morgan fingerprint density at radius 3 is 2.65 bits per heavy atom. The molecule has 0 aliphatic carbocycles. The first kappa shape index (κ1) is 24.5. The van der Waals surface area contributed by atoms with E-state index in [0.29, 0.717) is 35.2 Å². The number of anilines is 1. The van der Waals surface area contributed by atoms with Gasteiger partial charge in [0.25, 0.3) is 0 Å². The van der Waals surface area contributed by atoms with E-state index in [4.69, 9.17) is 15.9 Å². The summed E-state index contributed by atoms with van der Waals surface area (Å²) in [5.74, 6) is -0.302. The van der Waals surface area contributed by atoms with Crippen LogP contribution in [0.3, 0.4) is 0 Å². The van der Waals surface area contributed by atoms with Gasteiger partial charge in [0.1, 0.15) is 11.6 Å². The summed E-state index contributed by atoms with van der Waals surface area (Å²) in [6, 6.07) is 12.1. The number of carboxylic acids is 1. The number of aryl methyl sites for hydroxylation is 1. The lowest BCUT2D eigenvalue weighted by Crippen LogP contribution is -2.23. The molecule has 8 heteroatoms. The first-order valence-corrected chi connectivity index (χ1v) is 10.4. The van der Waals surface area contributed by atoms with Crippen molar-refractivity contribution in [3.63, 3.8) is 0 Å². The van der Waals surface area contributed by atoms with Crippen molar-refractivity contribution in [2.24, 2.45) is 5.73 Å². The van der Waals surface area contributed by atoms with Gasteiger partial charge in [-0.25, -0.2) is 4.79 Å². The van der Waals surface area contributed by atoms with Gasteiger partial charge in [0.15, 0.2) is 6.04 Å². The Kier molecular flexibility index (Phi) is 9.15. The fourth-order valence-electron chi connectivity index (χ4n) is 3.66. The molecule has 2 atom stereocenters. The van der Waals surface area contributed by atoms with E-state index in [1.807, 2.05) is 19.1 Å². The molecule has 168 valence electrons. The number of halogens is 1. The van der Waals surface area contributed by atoms with Crippen LogP contribution in [0.4, 0.5) is 5.69 Å². The van der Waals surface area contributed by atoms with E-state index < -0.39 is 12.0 Å². The topological polar surface area (TPSA) is 120 Å². The van der Waals surface area contributed by atoms with Gasteiger partial charge in [0, 0.05) is 17.3 Å². The quantitative estimate of drug-likeness (QED) is 0.280. The minimum absolute atomic E-state index is 0. The number of aliphatic carboxylic acids is 1. The predicted octanol–water partition coefficient (Wildman–Crippen LogP) is 3.71. The van der Waals surface area contributed by atoms with Crippen LogP contribution < -0.4 is 21.1 Å². The van der Waals surface area contributed by atoms with E-state index in [1.165, 1.54) is 12.8 Å². The summed E-state index contributed by atoms with van der Waals surface area (Å²) in [7, 11) is 0. The van der Waals surface area contributed by atoms with Crippen LogP contribution in [-0.4, -0.2) is 36.1 Å². The SMILES string of the molecule is CCc1cc(OCCC2CCCN2)cc(C(Nc2ccc(C(=N)N)cc2)C(=O)O)c1.Cl. The minimum Gasteiger partial charge on any atom is -0.494 e. The molecule has 1 heterocycles. The second kappa shape index (κ2) is 11.6. The highest BCUT2D eigenvalue weighted by Crippen LogP contribution is 2.26. The van der Waals surface area contributed by atoms with Crippen molar-refractivity contribution in [2.75, 3.05) is 18.5 Å². The van der Waals surface area contributed by atoms with E-state index in [1.54, 1.807) is 30.3 Å². The van der Waals surface area contributed by atoms with Crippen LogP contribution in [0.25, 0.3) is 0 Å². The summed E-state index contributed by atoms with van der Waals surface area (Å²) in [6.45, 7) is 3.70. The van der Waals surface area contributed by atoms with Gasteiger partial charge in [-0.05, 0) is 79.8 Å². The fraction of sp³-hybridized carbons (Fsp3) is 0.391. The summed E-state index contributed by atoms with van der Waals surface area (Å²) in [5.41, 5.74) is 8.39. The van der Waals surface area contributed by atoms with E-state index >= 15 is 0 Å². The summed E-state index contributed by atoms with van der Waals surface area (Å²) in [6.07, 6.45) is 4.11. The molecule has 3 rings (SSSR count). The lowest BCUT2D eigenvalue weighted by Gasteiger charge is -2.19. The molecule has 0 spiro atoms. The average molecular weight is 447 g/mol. The van der Waals surface area contributed by atoms with Crippen LogP contribution in [-0.2, 0) is 11.2 Å². The van der Waals surface area contributed by atoms with E-state index in [2.05, 4.69) is 10.6 Å². The van der Waals surface area contributed by atoms with Gasteiger partial charge in [-0.2, -0.15) is 0 Å². The molecule has 2 aromatic carbocycles. The molecule has 2 aromatic rings. The van der Waals surface area contributed by atoms with Crippen molar-refractivity contribution in [1.82, 2.24) is 5.32 Å². The zero-order valence-corrected chi connectivity index (χ0v) is 18.5. The second-order valence-electron chi connectivity index (χ2n) is 7.60. The summed E-state index contributed by atoms with van der Waals surface area (Å²) < 4.78 is 5.98. The normalized spacial score (nSPS) is 16.2. The van der Waals surface area contributed by atoms with E-state index in [9.17, 15) is 9.90 Å². The van der Waals surface area contributed by atoms with Crippen molar-refractivity contribution in [3.8, 4) is 5.75 Å². The molecule has 0 amide bonds. The number of rotatable bonds is 10. The molecule has 0 bridgehead atoms. The maximum absolute atomic E-state index is 12.0. The van der Waals surface area contributed by atoms with Crippen LogP contribution in [0.5, 0.6) is 5.75 Å². The predicted molar refractivity (Wildman–Crippen MR) is 126 cm³/mol. The molecule has 0 aromatic heterocycles. The molecule has 1 aliphatic rings. The van der Waals surface area contributed by atoms with Gasteiger partial charge in [-0.1, -0.05) is 13.0 Å². The van der Waals surface area contributed by atoms with Crippen molar-refractivity contribution < 1.29 is 14.6 Å². The monoisotopic (exact) mass is 446 g/mol. The first-order chi connectivity index (χ1) is 14.5. The Labute approximate surface area is 189 Å². The summed E-state index contributed by atoms with van der Waals surface area (Å²) in [4.78, 5) is 12.0. The molecule has 1 saturated heterocycles. The maximum atomic E-state index is 12.0. The molecule has 31 heavy (non-hydrogen) atoms. The third-order valence-corrected chi connectivity index (χ3v) is 5.38. The Morgan fingerprint density at radius 2 is 2.06 bits per heavy atom. The number of hydrogen-bond donors (Lipinski definition) is 5. The van der Waals surface area contributed by atoms with Gasteiger partial charge in [-0.3, -0.25) is 5.41 Å². The maximum Gasteiger partial charge on any atom is 0.330 e. The molecule has 7 nitrogen and oxygen atoms in total. The molecule has 6 N–H and O–H groups in total. The highest BCUT2D eigenvalue weighted by atomic mass is 35.5. The van der Waals surface area contributed by atoms with Gasteiger partial charge in [0.2, 0.25) is 0 Å². The smallest absolute Gasteiger partial charge is 0.330 e. The van der Waals surface area contributed by atoms with Gasteiger partial charge < -0.3 is 26.2 Å². The number of nitrogens with two attached hydrogens (primary N) is 1. The fourth-order valence-corrected chi connectivity index (χ4v) is 3.66. The number of amidine groups is 1. The Balaban J connectivity index is 0.00000341. The van der Waals surface area contributed by atoms with Gasteiger partial charge >= 0.3 is 5.97 Å². The molecule has 0 saturated carbocycles. The number of nitrogen functional groups attached to an aromatic ring is 1. The average Bonchev–Trinajstić information content (AvgIpc) is 3.25. The third-order valence-electron chi connectivity index (χ3n) is 5.38. The van der Waals surface area contributed by atoms with E-state index in [0.717, 1.165) is 24.9 Å². The van der Waals surface area contributed by atoms with E-state index in [-0.39, 0.29) is 18.2 Å². The standard InChI is InChI=1S/C23H30N4O3.ClH/c1-2-15-12-17(14-20(13-15)30-11-9-18-4-3-10-26-18)21(23(28)29)27-19-7-5-16(6-8-19)22(24)25;/h5-8,12-14,18,21,26-27H,2-4,9-11H2,1H3,(H3,24,25)(H,28,29);1H. The molecule has 1 fully saturated rings. The number of carboxylic acid groups (broad SMARTS) is 1. The summed E-state index contributed by atoms with van der Waals surface area (Å²) in [5, 5.41) is 23.8. The van der Waals surface area contributed by atoms with Crippen molar-refractivity contribution in [1.29, 1.82) is 5.41 Å². The number of hydrogen-bond acceptors (Lipinski definition) is 5. The van der Waals surface area contributed by atoms with Crippen LogP contribution in [0.2, 0.25) is 0 Å². The zero-order chi connectivity index (χ0) is 21.5. The summed E-state index contributed by atoms with van der Waals surface area (Å²) >= 11 is 0. The highest BCUT2D eigenvalue weighted by molar-refractivity contribution is 5.95. The first-order valence-electron chi connectivity index (χ1n) is 10.4. The number of nitrogens with one attached hydrogen (secondary N) is 3. The lowest BCUT2D eigenvalue weighted by atomic mass is 10.0. The van der Waals surface area contributed by atoms with Crippen LogP contribution in [0.15, 0.2) is 42.5 Å². The minimum atomic E-state index is -0.972. The third kappa shape index (κ3) is 6.87. The molecular weight excluding hydrogens is 416 g/mol.